The van der Waals surface area contributed by atoms with E-state index in [0.29, 0.717) is 41.8 Å². The van der Waals surface area contributed by atoms with Crippen LogP contribution in [0.3, 0.4) is 0 Å². The molecule has 0 aliphatic carbocycles. The SMILES string of the molecule is O=C(O)C1CCN(C(=O)c2[nH]nc(-c3ccccc3)c2Br)CC1. The minimum absolute atomic E-state index is 0.157. The number of halogens is 1. The average Bonchev–Trinajstić information content (AvgIpc) is 2.96. The maximum absolute atomic E-state index is 12.6. The van der Waals surface area contributed by atoms with Crippen LogP contribution in [0.2, 0.25) is 0 Å². The summed E-state index contributed by atoms with van der Waals surface area (Å²) in [6.45, 7) is 0.893. The Hall–Kier alpha value is -2.15. The number of carbonyl (C=O) groups is 2. The Morgan fingerprint density at radius 3 is 2.48 bits per heavy atom. The number of piperidine rings is 1. The Kier molecular flexibility index (Phi) is 4.47. The number of carboxylic acid groups (broad SMARTS) is 1. The molecule has 7 heteroatoms. The minimum Gasteiger partial charge on any atom is -0.481 e. The number of likely N-dealkylation sites (tertiary alicyclic amines) is 1. The molecule has 2 aromatic rings. The molecule has 1 aliphatic heterocycles. The van der Waals surface area contributed by atoms with Crippen molar-refractivity contribution in [3.8, 4) is 11.3 Å². The number of aliphatic carboxylic acids is 1. The van der Waals surface area contributed by atoms with Gasteiger partial charge in [-0.15, -0.1) is 0 Å². The van der Waals surface area contributed by atoms with Crippen LogP contribution in [0.15, 0.2) is 34.8 Å². The smallest absolute Gasteiger partial charge is 0.306 e. The molecule has 1 aromatic heterocycles. The molecule has 0 bridgehead atoms. The summed E-state index contributed by atoms with van der Waals surface area (Å²) >= 11 is 3.45. The quantitative estimate of drug-likeness (QED) is 0.860. The van der Waals surface area contributed by atoms with Crippen LogP contribution in [-0.2, 0) is 4.79 Å². The monoisotopic (exact) mass is 377 g/mol. The van der Waals surface area contributed by atoms with Gasteiger partial charge >= 0.3 is 5.97 Å². The first-order chi connectivity index (χ1) is 11.1. The van der Waals surface area contributed by atoms with Gasteiger partial charge in [0, 0.05) is 18.7 Å². The highest BCUT2D eigenvalue weighted by Crippen LogP contribution is 2.30. The van der Waals surface area contributed by atoms with Gasteiger partial charge in [0.1, 0.15) is 11.4 Å². The molecule has 3 rings (SSSR count). The maximum atomic E-state index is 12.6. The standard InChI is InChI=1S/C16H16BrN3O3/c17-12-13(10-4-2-1-3-5-10)18-19-14(12)15(21)20-8-6-11(7-9-20)16(22)23/h1-5,11H,6-9H2,(H,18,19)(H,22,23). The summed E-state index contributed by atoms with van der Waals surface area (Å²) in [5, 5.41) is 16.1. The molecule has 0 unspecified atom stereocenters. The van der Waals surface area contributed by atoms with Gasteiger partial charge in [0.25, 0.3) is 5.91 Å². The van der Waals surface area contributed by atoms with Crippen LogP contribution < -0.4 is 0 Å². The van der Waals surface area contributed by atoms with Gasteiger partial charge in [-0.1, -0.05) is 30.3 Å². The highest BCUT2D eigenvalue weighted by Gasteiger charge is 2.29. The van der Waals surface area contributed by atoms with E-state index in [1.54, 1.807) is 4.90 Å². The van der Waals surface area contributed by atoms with Crippen LogP contribution in [-0.4, -0.2) is 45.2 Å². The van der Waals surface area contributed by atoms with Crippen LogP contribution in [0.25, 0.3) is 11.3 Å². The lowest BCUT2D eigenvalue weighted by atomic mass is 9.97. The van der Waals surface area contributed by atoms with Gasteiger partial charge in [0.05, 0.1) is 10.4 Å². The number of aromatic amines is 1. The van der Waals surface area contributed by atoms with Crippen molar-refractivity contribution in [3.63, 3.8) is 0 Å². The van der Waals surface area contributed by atoms with Gasteiger partial charge in [0.15, 0.2) is 0 Å². The lowest BCUT2D eigenvalue weighted by Gasteiger charge is -2.29. The van der Waals surface area contributed by atoms with E-state index in [9.17, 15) is 9.59 Å². The Bertz CT molecular complexity index is 721. The number of rotatable bonds is 3. The zero-order valence-corrected chi connectivity index (χ0v) is 13.9. The molecule has 2 N–H and O–H groups in total. The maximum Gasteiger partial charge on any atom is 0.306 e. The number of nitrogens with one attached hydrogen (secondary N) is 1. The molecule has 6 nitrogen and oxygen atoms in total. The Labute approximate surface area is 141 Å². The Morgan fingerprint density at radius 1 is 1.22 bits per heavy atom. The molecule has 1 aliphatic rings. The fraction of sp³-hybridized carbons (Fsp3) is 0.312. The van der Waals surface area contributed by atoms with Crippen molar-refractivity contribution in [1.82, 2.24) is 15.1 Å². The number of aromatic nitrogens is 2. The molecule has 120 valence electrons. The van der Waals surface area contributed by atoms with E-state index >= 15 is 0 Å². The predicted molar refractivity (Wildman–Crippen MR) is 88.0 cm³/mol. The topological polar surface area (TPSA) is 86.3 Å². The number of nitrogens with zero attached hydrogens (tertiary/aromatic N) is 2. The van der Waals surface area contributed by atoms with Crippen LogP contribution in [0.4, 0.5) is 0 Å². The van der Waals surface area contributed by atoms with Gasteiger partial charge < -0.3 is 10.0 Å². The number of amides is 1. The summed E-state index contributed by atoms with van der Waals surface area (Å²) in [6.07, 6.45) is 0.969. The molecule has 1 fully saturated rings. The molecule has 1 saturated heterocycles. The molecule has 2 heterocycles. The first kappa shape index (κ1) is 15.7. The van der Waals surface area contributed by atoms with Crippen molar-refractivity contribution in [2.75, 3.05) is 13.1 Å². The van der Waals surface area contributed by atoms with E-state index in [2.05, 4.69) is 26.1 Å². The lowest BCUT2D eigenvalue weighted by Crippen LogP contribution is -2.40. The largest absolute Gasteiger partial charge is 0.481 e. The molecule has 0 saturated carbocycles. The third-order valence-electron chi connectivity index (χ3n) is 4.10. The number of carbonyl (C=O) groups excluding carboxylic acids is 1. The molecule has 0 atom stereocenters. The molecule has 0 spiro atoms. The fourth-order valence-corrected chi connectivity index (χ4v) is 3.32. The highest BCUT2D eigenvalue weighted by molar-refractivity contribution is 9.10. The van der Waals surface area contributed by atoms with E-state index in [4.69, 9.17) is 5.11 Å². The van der Waals surface area contributed by atoms with Crippen molar-refractivity contribution < 1.29 is 14.7 Å². The van der Waals surface area contributed by atoms with Gasteiger partial charge in [-0.3, -0.25) is 14.7 Å². The first-order valence-electron chi connectivity index (χ1n) is 7.39. The van der Waals surface area contributed by atoms with Crippen LogP contribution in [0.1, 0.15) is 23.3 Å². The fourth-order valence-electron chi connectivity index (χ4n) is 2.75. The number of H-pyrrole nitrogens is 1. The zero-order valence-electron chi connectivity index (χ0n) is 12.3. The molecule has 0 radical (unpaired) electrons. The second-order valence-corrected chi connectivity index (χ2v) is 6.32. The summed E-state index contributed by atoms with van der Waals surface area (Å²) in [4.78, 5) is 25.3. The van der Waals surface area contributed by atoms with Gasteiger partial charge in [0.2, 0.25) is 0 Å². The first-order valence-corrected chi connectivity index (χ1v) is 8.18. The summed E-state index contributed by atoms with van der Waals surface area (Å²) in [5.74, 6) is -1.30. The average molecular weight is 378 g/mol. The number of benzene rings is 1. The second-order valence-electron chi connectivity index (χ2n) is 5.53. The van der Waals surface area contributed by atoms with E-state index in [0.717, 1.165) is 5.56 Å². The Morgan fingerprint density at radius 2 is 1.87 bits per heavy atom. The molecular formula is C16H16BrN3O3. The van der Waals surface area contributed by atoms with Crippen LogP contribution in [0, 0.1) is 5.92 Å². The van der Waals surface area contributed by atoms with E-state index < -0.39 is 5.97 Å². The molecule has 23 heavy (non-hydrogen) atoms. The normalized spacial score (nSPS) is 15.6. The third-order valence-corrected chi connectivity index (χ3v) is 4.87. The minimum atomic E-state index is -0.786. The summed E-state index contributed by atoms with van der Waals surface area (Å²) in [5.41, 5.74) is 2.01. The zero-order chi connectivity index (χ0) is 16.4. The lowest BCUT2D eigenvalue weighted by molar-refractivity contribution is -0.143. The van der Waals surface area contributed by atoms with Crippen molar-refractivity contribution >= 4 is 27.8 Å². The van der Waals surface area contributed by atoms with Crippen molar-refractivity contribution in [2.24, 2.45) is 5.92 Å². The van der Waals surface area contributed by atoms with Crippen molar-refractivity contribution in [2.45, 2.75) is 12.8 Å². The van der Waals surface area contributed by atoms with E-state index in [1.807, 2.05) is 30.3 Å². The summed E-state index contributed by atoms with van der Waals surface area (Å²) in [6, 6.07) is 9.59. The molecule has 1 amide bonds. The number of hydrogen-bond acceptors (Lipinski definition) is 3. The summed E-state index contributed by atoms with van der Waals surface area (Å²) in [7, 11) is 0. The van der Waals surface area contributed by atoms with E-state index in [1.165, 1.54) is 0 Å². The van der Waals surface area contributed by atoms with E-state index in [-0.39, 0.29) is 11.8 Å². The van der Waals surface area contributed by atoms with Gasteiger partial charge in [-0.05, 0) is 28.8 Å². The highest BCUT2D eigenvalue weighted by atomic mass is 79.9. The van der Waals surface area contributed by atoms with Crippen LogP contribution in [0.5, 0.6) is 0 Å². The second kappa shape index (κ2) is 6.54. The van der Waals surface area contributed by atoms with Crippen molar-refractivity contribution in [3.05, 3.63) is 40.5 Å². The van der Waals surface area contributed by atoms with Gasteiger partial charge in [-0.2, -0.15) is 5.10 Å². The third kappa shape index (κ3) is 3.14. The molecule has 1 aromatic carbocycles. The van der Waals surface area contributed by atoms with Gasteiger partial charge in [-0.25, -0.2) is 0 Å². The summed E-state index contributed by atoms with van der Waals surface area (Å²) < 4.78 is 0.633. The van der Waals surface area contributed by atoms with Crippen molar-refractivity contribution in [1.29, 1.82) is 0 Å². The predicted octanol–water partition coefficient (Wildman–Crippen LogP) is 2.78. The number of carboxylic acids is 1. The molecular weight excluding hydrogens is 362 g/mol. The Balaban J connectivity index is 1.77. The number of hydrogen-bond donors (Lipinski definition) is 2. The van der Waals surface area contributed by atoms with Crippen LogP contribution >= 0.6 is 15.9 Å².